The van der Waals surface area contributed by atoms with Gasteiger partial charge >= 0.3 is 0 Å². The molecule has 0 amide bonds. The van der Waals surface area contributed by atoms with Crippen LogP contribution in [-0.4, -0.2) is 14.2 Å². The summed E-state index contributed by atoms with van der Waals surface area (Å²) in [5, 5.41) is 0. The van der Waals surface area contributed by atoms with Crippen molar-refractivity contribution in [2.24, 2.45) is 0 Å². The van der Waals surface area contributed by atoms with E-state index in [1.807, 2.05) is 31.2 Å². The van der Waals surface area contributed by atoms with E-state index in [0.717, 1.165) is 10.4 Å². The molecule has 1 aromatic heterocycles. The van der Waals surface area contributed by atoms with Crippen molar-refractivity contribution in [1.82, 2.24) is 4.72 Å². The summed E-state index contributed by atoms with van der Waals surface area (Å²) in [6.07, 6.45) is 0. The second-order valence-electron chi connectivity index (χ2n) is 6.05. The van der Waals surface area contributed by atoms with E-state index < -0.39 is 10.0 Å². The zero-order valence-electron chi connectivity index (χ0n) is 14.5. The van der Waals surface area contributed by atoms with Gasteiger partial charge in [-0.25, -0.2) is 13.1 Å². The van der Waals surface area contributed by atoms with Gasteiger partial charge in [-0.2, -0.15) is 0 Å². The lowest BCUT2D eigenvalue weighted by atomic mass is 10.1. The van der Waals surface area contributed by atoms with Gasteiger partial charge in [-0.1, -0.05) is 42.5 Å². The molecular weight excluding hydrogens is 366 g/mol. The van der Waals surface area contributed by atoms with Crippen molar-refractivity contribution >= 4 is 27.1 Å². The van der Waals surface area contributed by atoms with Crippen molar-refractivity contribution < 1.29 is 13.2 Å². The Morgan fingerprint density at radius 2 is 1.73 bits per heavy atom. The highest BCUT2D eigenvalue weighted by Crippen LogP contribution is 2.22. The molecule has 0 saturated heterocycles. The number of hydrogen-bond donors (Lipinski definition) is 1. The summed E-state index contributed by atoms with van der Waals surface area (Å²) in [5.41, 5.74) is 2.22. The highest BCUT2D eigenvalue weighted by molar-refractivity contribution is 7.89. The van der Waals surface area contributed by atoms with Crippen molar-refractivity contribution in [2.75, 3.05) is 0 Å². The molecule has 1 N–H and O–H groups in total. The maximum Gasteiger partial charge on any atom is 0.241 e. The third-order valence-corrected chi connectivity index (χ3v) is 6.62. The van der Waals surface area contributed by atoms with Crippen molar-refractivity contribution in [3.05, 3.63) is 87.1 Å². The molecule has 0 radical (unpaired) electrons. The molecular formula is C20H19NO3S2. The zero-order chi connectivity index (χ0) is 18.7. The fourth-order valence-electron chi connectivity index (χ4n) is 2.57. The average Bonchev–Trinajstić information content (AvgIpc) is 3.11. The van der Waals surface area contributed by atoms with E-state index in [0.29, 0.717) is 16.0 Å². The summed E-state index contributed by atoms with van der Waals surface area (Å²) >= 11 is 1.30. The molecule has 0 aliphatic heterocycles. The minimum atomic E-state index is -3.60. The largest absolute Gasteiger partial charge is 0.288 e. The Bertz CT molecular complexity index is 1040. The Kier molecular flexibility index (Phi) is 5.36. The number of benzene rings is 2. The maximum atomic E-state index is 12.6. The quantitative estimate of drug-likeness (QED) is 0.651. The van der Waals surface area contributed by atoms with Crippen molar-refractivity contribution in [3.8, 4) is 0 Å². The van der Waals surface area contributed by atoms with E-state index in [4.69, 9.17) is 0 Å². The van der Waals surface area contributed by atoms with E-state index in [-0.39, 0.29) is 17.2 Å². The number of sulfonamides is 1. The number of hydrogen-bond acceptors (Lipinski definition) is 4. The minimum Gasteiger partial charge on any atom is -0.288 e. The smallest absolute Gasteiger partial charge is 0.241 e. The van der Waals surface area contributed by atoms with Crippen LogP contribution in [0.1, 0.15) is 31.2 Å². The van der Waals surface area contributed by atoms with E-state index in [1.165, 1.54) is 11.3 Å². The first-order chi connectivity index (χ1) is 12.4. The SMILES string of the molecule is Cc1ccc(C)c(S(=O)(=O)NCc2ccc(C(=O)c3ccccc3)s2)c1. The van der Waals surface area contributed by atoms with E-state index >= 15 is 0 Å². The molecule has 134 valence electrons. The van der Waals surface area contributed by atoms with Gasteiger partial charge in [0.25, 0.3) is 0 Å². The molecule has 0 saturated carbocycles. The molecule has 3 aromatic rings. The van der Waals surface area contributed by atoms with Crippen LogP contribution in [0.5, 0.6) is 0 Å². The van der Waals surface area contributed by atoms with Crippen molar-refractivity contribution in [1.29, 1.82) is 0 Å². The number of thiophene rings is 1. The van der Waals surface area contributed by atoms with E-state index in [2.05, 4.69) is 4.72 Å². The molecule has 4 nitrogen and oxygen atoms in total. The summed E-state index contributed by atoms with van der Waals surface area (Å²) in [6, 6.07) is 17.9. The number of ketones is 1. The lowest BCUT2D eigenvalue weighted by molar-refractivity contribution is 0.104. The van der Waals surface area contributed by atoms with Gasteiger partial charge in [0.05, 0.1) is 9.77 Å². The number of aryl methyl sites for hydroxylation is 2. The summed E-state index contributed by atoms with van der Waals surface area (Å²) < 4.78 is 27.8. The van der Waals surface area contributed by atoms with Crippen LogP contribution < -0.4 is 4.72 Å². The van der Waals surface area contributed by atoms with Crippen LogP contribution in [0.2, 0.25) is 0 Å². The van der Waals surface area contributed by atoms with Crippen LogP contribution in [0.4, 0.5) is 0 Å². The fraction of sp³-hybridized carbons (Fsp3) is 0.150. The Morgan fingerprint density at radius 1 is 1.00 bits per heavy atom. The Morgan fingerprint density at radius 3 is 2.46 bits per heavy atom. The molecule has 0 bridgehead atoms. The lowest BCUT2D eigenvalue weighted by Crippen LogP contribution is -2.23. The summed E-state index contributed by atoms with van der Waals surface area (Å²) in [6.45, 7) is 3.79. The predicted molar refractivity (Wildman–Crippen MR) is 104 cm³/mol. The topological polar surface area (TPSA) is 63.2 Å². The minimum absolute atomic E-state index is 0.0563. The highest BCUT2D eigenvalue weighted by Gasteiger charge is 2.18. The van der Waals surface area contributed by atoms with Crippen LogP contribution >= 0.6 is 11.3 Å². The number of nitrogens with one attached hydrogen (secondary N) is 1. The number of rotatable bonds is 6. The molecule has 0 fully saturated rings. The van der Waals surface area contributed by atoms with Crippen LogP contribution in [0.15, 0.2) is 65.6 Å². The first-order valence-electron chi connectivity index (χ1n) is 8.12. The average molecular weight is 386 g/mol. The van der Waals surface area contributed by atoms with Crippen LogP contribution in [-0.2, 0) is 16.6 Å². The van der Waals surface area contributed by atoms with Crippen LogP contribution in [0, 0.1) is 13.8 Å². The Labute approximate surface area is 157 Å². The van der Waals surface area contributed by atoms with E-state index in [9.17, 15) is 13.2 Å². The third kappa shape index (κ3) is 4.09. The van der Waals surface area contributed by atoms with Crippen LogP contribution in [0.25, 0.3) is 0 Å². The monoisotopic (exact) mass is 385 g/mol. The fourth-order valence-corrected chi connectivity index (χ4v) is 4.90. The number of carbonyl (C=O) groups excluding carboxylic acids is 1. The van der Waals surface area contributed by atoms with Crippen molar-refractivity contribution in [3.63, 3.8) is 0 Å². The van der Waals surface area contributed by atoms with E-state index in [1.54, 1.807) is 43.3 Å². The Balaban J connectivity index is 1.74. The molecule has 26 heavy (non-hydrogen) atoms. The van der Waals surface area contributed by atoms with Gasteiger partial charge in [0, 0.05) is 17.0 Å². The molecule has 3 rings (SSSR count). The summed E-state index contributed by atoms with van der Waals surface area (Å²) in [4.78, 5) is 14.1. The van der Waals surface area contributed by atoms with Crippen LogP contribution in [0.3, 0.4) is 0 Å². The number of carbonyl (C=O) groups is 1. The first-order valence-corrected chi connectivity index (χ1v) is 10.4. The van der Waals surface area contributed by atoms with Gasteiger partial charge in [0.1, 0.15) is 0 Å². The molecule has 0 spiro atoms. The molecule has 1 heterocycles. The molecule has 0 aliphatic rings. The second-order valence-corrected chi connectivity index (χ2v) is 8.96. The predicted octanol–water partition coefficient (Wildman–Crippen LogP) is 4.07. The van der Waals surface area contributed by atoms with Gasteiger partial charge in [0.2, 0.25) is 15.8 Å². The lowest BCUT2D eigenvalue weighted by Gasteiger charge is -2.09. The van der Waals surface area contributed by atoms with Gasteiger partial charge in [-0.3, -0.25) is 4.79 Å². The molecule has 0 unspecified atom stereocenters. The zero-order valence-corrected chi connectivity index (χ0v) is 16.2. The Hall–Kier alpha value is -2.28. The molecule has 0 aliphatic carbocycles. The van der Waals surface area contributed by atoms with Gasteiger partial charge in [0.15, 0.2) is 0 Å². The third-order valence-electron chi connectivity index (χ3n) is 3.99. The maximum absolute atomic E-state index is 12.6. The highest BCUT2D eigenvalue weighted by atomic mass is 32.2. The van der Waals surface area contributed by atoms with Crippen molar-refractivity contribution in [2.45, 2.75) is 25.3 Å². The second kappa shape index (κ2) is 7.53. The molecule has 6 heteroatoms. The molecule has 2 aromatic carbocycles. The summed E-state index contributed by atoms with van der Waals surface area (Å²) in [7, 11) is -3.60. The summed E-state index contributed by atoms with van der Waals surface area (Å²) in [5.74, 6) is -0.0563. The van der Waals surface area contributed by atoms with Gasteiger partial charge in [-0.15, -0.1) is 11.3 Å². The standard InChI is InChI=1S/C20H19NO3S2/c1-14-8-9-15(2)19(12-14)26(23,24)21-13-17-10-11-18(25-17)20(22)16-6-4-3-5-7-16/h3-12,21H,13H2,1-2H3. The molecule has 0 atom stereocenters. The normalized spacial score (nSPS) is 11.5. The first kappa shape index (κ1) is 18.5. The van der Waals surface area contributed by atoms with Gasteiger partial charge < -0.3 is 0 Å². The van der Waals surface area contributed by atoms with Gasteiger partial charge in [-0.05, 0) is 43.2 Å².